The first-order valence-corrected chi connectivity index (χ1v) is 8.23. The summed E-state index contributed by atoms with van der Waals surface area (Å²) in [5, 5.41) is 3.20. The monoisotopic (exact) mass is 285 g/mol. The molecule has 0 radical (unpaired) electrons. The Kier molecular flexibility index (Phi) is 3.26. The Hall–Kier alpha value is -1.35. The van der Waals surface area contributed by atoms with Crippen molar-refractivity contribution in [1.82, 2.24) is 5.32 Å². The molecule has 1 heterocycles. The molecule has 2 fully saturated rings. The molecule has 112 valence electrons. The number of hydrogen-bond donors (Lipinski definition) is 1. The van der Waals surface area contributed by atoms with Crippen LogP contribution in [0.15, 0.2) is 24.3 Å². The molecule has 3 aliphatic rings. The number of nitrogens with one attached hydrogen (secondary N) is 1. The van der Waals surface area contributed by atoms with E-state index < -0.39 is 0 Å². The molecule has 2 unspecified atom stereocenters. The average molecular weight is 285 g/mol. The second kappa shape index (κ2) is 5.13. The maximum Gasteiger partial charge on any atom is 0.223 e. The lowest BCUT2D eigenvalue weighted by Gasteiger charge is -2.21. The first-order valence-electron chi connectivity index (χ1n) is 8.23. The summed E-state index contributed by atoms with van der Waals surface area (Å²) >= 11 is 0. The molecule has 21 heavy (non-hydrogen) atoms. The molecule has 1 amide bonds. The number of hydrogen-bond acceptors (Lipinski definition) is 2. The van der Waals surface area contributed by atoms with Crippen LogP contribution in [0, 0.1) is 11.8 Å². The normalized spacial score (nSPS) is 31.1. The van der Waals surface area contributed by atoms with Crippen LogP contribution in [-0.4, -0.2) is 25.7 Å². The maximum atomic E-state index is 12.2. The van der Waals surface area contributed by atoms with Gasteiger partial charge in [0.2, 0.25) is 5.91 Å². The molecule has 2 aliphatic carbocycles. The first-order chi connectivity index (χ1) is 10.3. The SMILES string of the molecule is O=C(NCC1CC12CCc1ccccc12)C1CCOCC1. The molecular weight excluding hydrogens is 262 g/mol. The Morgan fingerprint density at radius 3 is 2.95 bits per heavy atom. The van der Waals surface area contributed by atoms with Gasteiger partial charge in [-0.05, 0) is 49.1 Å². The summed E-state index contributed by atoms with van der Waals surface area (Å²) in [5.74, 6) is 1.06. The van der Waals surface area contributed by atoms with Crippen molar-refractivity contribution in [3.63, 3.8) is 0 Å². The molecule has 1 aromatic carbocycles. The Morgan fingerprint density at radius 1 is 1.29 bits per heavy atom. The zero-order valence-electron chi connectivity index (χ0n) is 12.4. The van der Waals surface area contributed by atoms with Gasteiger partial charge in [-0.1, -0.05) is 24.3 Å². The van der Waals surface area contributed by atoms with Crippen molar-refractivity contribution >= 4 is 5.91 Å². The Labute approximate surface area is 126 Å². The maximum absolute atomic E-state index is 12.2. The number of amides is 1. The van der Waals surface area contributed by atoms with Crippen LogP contribution >= 0.6 is 0 Å². The quantitative estimate of drug-likeness (QED) is 0.926. The zero-order chi connectivity index (χ0) is 14.3. The van der Waals surface area contributed by atoms with Gasteiger partial charge in [0.05, 0.1) is 0 Å². The standard InChI is InChI=1S/C18H23NO2/c20-17(14-6-9-21-10-7-14)19-12-15-11-18(15)8-5-13-3-1-2-4-16(13)18/h1-4,14-15H,5-12H2,(H,19,20). The van der Waals surface area contributed by atoms with Crippen molar-refractivity contribution in [1.29, 1.82) is 0 Å². The minimum Gasteiger partial charge on any atom is -0.381 e. The van der Waals surface area contributed by atoms with Crippen molar-refractivity contribution in [2.45, 2.75) is 37.5 Å². The summed E-state index contributed by atoms with van der Waals surface area (Å²) in [7, 11) is 0. The minimum absolute atomic E-state index is 0.171. The van der Waals surface area contributed by atoms with Crippen LogP contribution in [0.25, 0.3) is 0 Å². The Bertz CT molecular complexity index is 550. The van der Waals surface area contributed by atoms with E-state index in [0.717, 1.165) is 32.6 Å². The van der Waals surface area contributed by atoms with Crippen LogP contribution in [0.4, 0.5) is 0 Å². The average Bonchev–Trinajstić information content (AvgIpc) is 3.13. The van der Waals surface area contributed by atoms with Crippen LogP contribution in [0.2, 0.25) is 0 Å². The van der Waals surface area contributed by atoms with Crippen LogP contribution in [0.5, 0.6) is 0 Å². The fourth-order valence-corrected chi connectivity index (χ4v) is 4.33. The molecular formula is C18H23NO2. The molecule has 0 bridgehead atoms. The smallest absolute Gasteiger partial charge is 0.223 e. The highest BCUT2D eigenvalue weighted by Crippen LogP contribution is 2.61. The van der Waals surface area contributed by atoms with Gasteiger partial charge in [0.15, 0.2) is 0 Å². The van der Waals surface area contributed by atoms with Crippen molar-refractivity contribution in [2.75, 3.05) is 19.8 Å². The van der Waals surface area contributed by atoms with E-state index in [9.17, 15) is 4.79 Å². The molecule has 3 nitrogen and oxygen atoms in total. The first kappa shape index (κ1) is 13.3. The molecule has 0 aromatic heterocycles. The molecule has 3 heteroatoms. The second-order valence-electron chi connectivity index (χ2n) is 6.85. The van der Waals surface area contributed by atoms with Crippen LogP contribution in [0.3, 0.4) is 0 Å². The number of fused-ring (bicyclic) bond motifs is 2. The van der Waals surface area contributed by atoms with Gasteiger partial charge in [-0.25, -0.2) is 0 Å². The van der Waals surface area contributed by atoms with Crippen molar-refractivity contribution in [3.8, 4) is 0 Å². The van der Waals surface area contributed by atoms with Crippen LogP contribution in [0.1, 0.15) is 36.8 Å². The van der Waals surface area contributed by atoms with Crippen molar-refractivity contribution in [2.24, 2.45) is 11.8 Å². The van der Waals surface area contributed by atoms with E-state index in [1.165, 1.54) is 24.8 Å². The van der Waals surface area contributed by atoms with Gasteiger partial charge in [0, 0.05) is 31.1 Å². The fourth-order valence-electron chi connectivity index (χ4n) is 4.33. The van der Waals surface area contributed by atoms with E-state index in [0.29, 0.717) is 11.3 Å². The van der Waals surface area contributed by atoms with Crippen LogP contribution in [-0.2, 0) is 21.4 Å². The highest BCUT2D eigenvalue weighted by Gasteiger charge is 2.57. The number of carbonyl (C=O) groups excluding carboxylic acids is 1. The molecule has 2 atom stereocenters. The number of benzene rings is 1. The third-order valence-electron chi connectivity index (χ3n) is 5.74. The largest absolute Gasteiger partial charge is 0.381 e. The van der Waals surface area contributed by atoms with Gasteiger partial charge in [0.25, 0.3) is 0 Å². The van der Waals surface area contributed by atoms with E-state index >= 15 is 0 Å². The lowest BCUT2D eigenvalue weighted by atomic mass is 9.95. The summed E-state index contributed by atoms with van der Waals surface area (Å²) in [5.41, 5.74) is 3.46. The summed E-state index contributed by atoms with van der Waals surface area (Å²) in [4.78, 5) is 12.2. The van der Waals surface area contributed by atoms with Gasteiger partial charge >= 0.3 is 0 Å². The summed E-state index contributed by atoms with van der Waals surface area (Å²) in [6.07, 6.45) is 5.48. The molecule has 1 aliphatic heterocycles. The van der Waals surface area contributed by atoms with Gasteiger partial charge in [-0.3, -0.25) is 4.79 Å². The van der Waals surface area contributed by atoms with E-state index in [4.69, 9.17) is 4.74 Å². The molecule has 1 saturated heterocycles. The van der Waals surface area contributed by atoms with Crippen molar-refractivity contribution in [3.05, 3.63) is 35.4 Å². The third kappa shape index (κ3) is 2.28. The van der Waals surface area contributed by atoms with E-state index in [1.807, 2.05) is 0 Å². The van der Waals surface area contributed by atoms with Crippen molar-refractivity contribution < 1.29 is 9.53 Å². The number of rotatable bonds is 3. The molecule has 1 spiro atoms. The molecule has 1 N–H and O–H groups in total. The topological polar surface area (TPSA) is 38.3 Å². The highest BCUT2D eigenvalue weighted by atomic mass is 16.5. The van der Waals surface area contributed by atoms with Crippen LogP contribution < -0.4 is 5.32 Å². The lowest BCUT2D eigenvalue weighted by molar-refractivity contribution is -0.127. The van der Waals surface area contributed by atoms with E-state index in [2.05, 4.69) is 29.6 Å². The summed E-state index contributed by atoms with van der Waals surface area (Å²) < 4.78 is 5.32. The fraction of sp³-hybridized carbons (Fsp3) is 0.611. The zero-order valence-corrected chi connectivity index (χ0v) is 12.4. The number of ether oxygens (including phenoxy) is 1. The molecule has 4 rings (SSSR count). The predicted molar refractivity (Wildman–Crippen MR) is 81.1 cm³/mol. The lowest BCUT2D eigenvalue weighted by Crippen LogP contribution is -2.36. The van der Waals surface area contributed by atoms with Gasteiger partial charge in [-0.2, -0.15) is 0 Å². The molecule has 1 aromatic rings. The van der Waals surface area contributed by atoms with E-state index in [-0.39, 0.29) is 11.8 Å². The second-order valence-corrected chi connectivity index (χ2v) is 6.85. The van der Waals surface area contributed by atoms with Gasteiger partial charge in [0.1, 0.15) is 0 Å². The molecule has 1 saturated carbocycles. The third-order valence-corrected chi connectivity index (χ3v) is 5.74. The summed E-state index contributed by atoms with van der Waals surface area (Å²) in [6, 6.07) is 8.85. The van der Waals surface area contributed by atoms with Gasteiger partial charge in [-0.15, -0.1) is 0 Å². The number of carbonyl (C=O) groups is 1. The number of aryl methyl sites for hydroxylation is 1. The summed E-state index contributed by atoms with van der Waals surface area (Å²) in [6.45, 7) is 2.32. The Morgan fingerprint density at radius 2 is 2.10 bits per heavy atom. The highest BCUT2D eigenvalue weighted by molar-refractivity contribution is 5.78. The predicted octanol–water partition coefficient (Wildman–Crippen LogP) is 2.43. The minimum atomic E-state index is 0.171. The van der Waals surface area contributed by atoms with Gasteiger partial charge < -0.3 is 10.1 Å². The van der Waals surface area contributed by atoms with E-state index in [1.54, 1.807) is 5.56 Å². The Balaban J connectivity index is 1.35.